The molecule has 27 heavy (non-hydrogen) atoms. The summed E-state index contributed by atoms with van der Waals surface area (Å²) >= 11 is 4.55. The topological polar surface area (TPSA) is 64.3 Å². The van der Waals surface area contributed by atoms with E-state index >= 15 is 0 Å². The Morgan fingerprint density at radius 2 is 1.85 bits per heavy atom. The summed E-state index contributed by atoms with van der Waals surface area (Å²) in [5.74, 6) is -0.357. The Hall–Kier alpha value is -2.71. The minimum Gasteiger partial charge on any atom is -0.266 e. The van der Waals surface area contributed by atoms with Crippen molar-refractivity contribution in [2.75, 3.05) is 0 Å². The molecule has 0 radical (unpaired) electrons. The molecule has 8 heteroatoms. The summed E-state index contributed by atoms with van der Waals surface area (Å²) in [7, 11) is 0. The predicted molar refractivity (Wildman–Crippen MR) is 106 cm³/mol. The second-order valence-corrected chi connectivity index (χ2v) is 7.66. The molecule has 2 aromatic carbocycles. The first kappa shape index (κ1) is 17.7. The second kappa shape index (κ2) is 7.13. The molecule has 4 rings (SSSR count). The maximum absolute atomic E-state index is 13.0. The molecule has 0 atom stereocenters. The van der Waals surface area contributed by atoms with Gasteiger partial charge in [-0.3, -0.25) is 9.59 Å². The van der Waals surface area contributed by atoms with Crippen molar-refractivity contribution in [3.8, 4) is 0 Å². The second-order valence-electron chi connectivity index (χ2n) is 5.80. The van der Waals surface area contributed by atoms with Crippen LogP contribution in [0, 0.1) is 5.82 Å². The molecule has 0 aliphatic rings. The first-order chi connectivity index (χ1) is 13.0. The largest absolute Gasteiger partial charge is 0.296 e. The van der Waals surface area contributed by atoms with Crippen LogP contribution in [0.3, 0.4) is 0 Å². The standard InChI is InChI=1S/C19H11BrFN3O2S/c20-14-4-2-1-3-12(14)10-16-18(26)24-19(27-16)22-17(25)15(23-24)9-11-5-7-13(21)8-6-11/h1-8,10H,9H2/b16-10-. The third kappa shape index (κ3) is 3.58. The molecular weight excluding hydrogens is 433 g/mol. The predicted octanol–water partition coefficient (Wildman–Crippen LogP) is 2.55. The van der Waals surface area contributed by atoms with E-state index in [1.165, 1.54) is 12.1 Å². The van der Waals surface area contributed by atoms with Crippen molar-refractivity contribution in [1.29, 1.82) is 0 Å². The lowest BCUT2D eigenvalue weighted by molar-refractivity contribution is 0.627. The molecule has 0 bridgehead atoms. The van der Waals surface area contributed by atoms with Crippen molar-refractivity contribution in [3.05, 3.63) is 101 Å². The van der Waals surface area contributed by atoms with Gasteiger partial charge in [-0.1, -0.05) is 57.6 Å². The minimum atomic E-state index is -0.493. The lowest BCUT2D eigenvalue weighted by Gasteiger charge is -2.00. The normalized spacial score (nSPS) is 12.0. The van der Waals surface area contributed by atoms with E-state index in [9.17, 15) is 14.0 Å². The zero-order valence-corrected chi connectivity index (χ0v) is 16.1. The number of fused-ring (bicyclic) bond motifs is 1. The van der Waals surface area contributed by atoms with Crippen LogP contribution >= 0.6 is 27.3 Å². The van der Waals surface area contributed by atoms with Crippen LogP contribution in [0.15, 0.2) is 62.6 Å². The average molecular weight is 444 g/mol. The van der Waals surface area contributed by atoms with Crippen LogP contribution in [0.1, 0.15) is 16.8 Å². The lowest BCUT2D eigenvalue weighted by Crippen LogP contribution is -2.28. The molecule has 0 aliphatic heterocycles. The number of benzene rings is 2. The number of hydrogen-bond donors (Lipinski definition) is 0. The first-order valence-corrected chi connectivity index (χ1v) is 9.56. The lowest BCUT2D eigenvalue weighted by atomic mass is 10.1. The average Bonchev–Trinajstić information content (AvgIpc) is 2.94. The van der Waals surface area contributed by atoms with E-state index in [1.54, 1.807) is 18.2 Å². The summed E-state index contributed by atoms with van der Waals surface area (Å²) in [4.78, 5) is 29.2. The van der Waals surface area contributed by atoms with Crippen molar-refractivity contribution in [2.24, 2.45) is 0 Å². The molecule has 0 saturated heterocycles. The van der Waals surface area contributed by atoms with Gasteiger partial charge in [0.1, 0.15) is 11.5 Å². The molecule has 4 aromatic rings. The molecule has 0 fully saturated rings. The van der Waals surface area contributed by atoms with Crippen molar-refractivity contribution in [3.63, 3.8) is 0 Å². The molecule has 0 N–H and O–H groups in total. The van der Waals surface area contributed by atoms with E-state index in [4.69, 9.17) is 0 Å². The van der Waals surface area contributed by atoms with Crippen LogP contribution in [-0.4, -0.2) is 14.6 Å². The molecule has 0 unspecified atom stereocenters. The third-order valence-corrected chi connectivity index (χ3v) is 5.61. The quantitative estimate of drug-likeness (QED) is 0.488. The molecular formula is C19H11BrFN3O2S. The van der Waals surface area contributed by atoms with Gasteiger partial charge in [-0.2, -0.15) is 14.6 Å². The van der Waals surface area contributed by atoms with Gasteiger partial charge in [0.2, 0.25) is 4.96 Å². The van der Waals surface area contributed by atoms with Crippen LogP contribution in [0.5, 0.6) is 0 Å². The number of hydrogen-bond acceptors (Lipinski definition) is 5. The van der Waals surface area contributed by atoms with E-state index in [-0.39, 0.29) is 28.5 Å². The van der Waals surface area contributed by atoms with E-state index < -0.39 is 5.56 Å². The molecule has 0 spiro atoms. The number of nitrogens with zero attached hydrogens (tertiary/aromatic N) is 3. The molecule has 0 amide bonds. The Balaban J connectivity index is 1.82. The highest BCUT2D eigenvalue weighted by molar-refractivity contribution is 9.10. The molecule has 5 nitrogen and oxygen atoms in total. The summed E-state index contributed by atoms with van der Waals surface area (Å²) in [5.41, 5.74) is 0.870. The zero-order valence-electron chi connectivity index (χ0n) is 13.7. The third-order valence-electron chi connectivity index (χ3n) is 3.93. The van der Waals surface area contributed by atoms with Gasteiger partial charge in [-0.15, -0.1) is 0 Å². The highest BCUT2D eigenvalue weighted by Crippen LogP contribution is 2.16. The number of rotatable bonds is 3. The number of thiazole rings is 1. The minimum absolute atomic E-state index is 0.140. The van der Waals surface area contributed by atoms with Gasteiger partial charge in [-0.05, 0) is 35.4 Å². The van der Waals surface area contributed by atoms with Gasteiger partial charge in [0.25, 0.3) is 11.1 Å². The maximum Gasteiger partial charge on any atom is 0.296 e. The van der Waals surface area contributed by atoms with Crippen LogP contribution in [-0.2, 0) is 6.42 Å². The van der Waals surface area contributed by atoms with Crippen molar-refractivity contribution >= 4 is 38.3 Å². The smallest absolute Gasteiger partial charge is 0.266 e. The first-order valence-electron chi connectivity index (χ1n) is 7.95. The van der Waals surface area contributed by atoms with Crippen LogP contribution in [0.2, 0.25) is 0 Å². The summed E-state index contributed by atoms with van der Waals surface area (Å²) in [6.07, 6.45) is 1.91. The molecule has 134 valence electrons. The fourth-order valence-electron chi connectivity index (χ4n) is 2.58. The molecule has 0 saturated carbocycles. The van der Waals surface area contributed by atoms with Crippen molar-refractivity contribution in [1.82, 2.24) is 14.6 Å². The summed E-state index contributed by atoms with van der Waals surface area (Å²) in [6, 6.07) is 13.3. The van der Waals surface area contributed by atoms with Crippen LogP contribution in [0.25, 0.3) is 11.0 Å². The van der Waals surface area contributed by atoms with Crippen molar-refractivity contribution < 1.29 is 4.39 Å². The van der Waals surface area contributed by atoms with E-state index in [0.29, 0.717) is 10.1 Å². The van der Waals surface area contributed by atoms with Crippen LogP contribution in [0.4, 0.5) is 4.39 Å². The Morgan fingerprint density at radius 3 is 2.59 bits per heavy atom. The monoisotopic (exact) mass is 443 g/mol. The summed E-state index contributed by atoms with van der Waals surface area (Å²) in [6.45, 7) is 0. The van der Waals surface area contributed by atoms with Gasteiger partial charge in [0, 0.05) is 10.9 Å². The van der Waals surface area contributed by atoms with Gasteiger partial charge in [0.05, 0.1) is 4.53 Å². The van der Waals surface area contributed by atoms with E-state index in [0.717, 1.165) is 25.9 Å². The SMILES string of the molecule is O=c1nc2s/c(=C\c3ccccc3Br)c(=O)n2nc1Cc1ccc(F)cc1. The van der Waals surface area contributed by atoms with E-state index in [2.05, 4.69) is 26.0 Å². The maximum atomic E-state index is 13.0. The van der Waals surface area contributed by atoms with Gasteiger partial charge >= 0.3 is 0 Å². The Morgan fingerprint density at radius 1 is 1.11 bits per heavy atom. The highest BCUT2D eigenvalue weighted by atomic mass is 79.9. The Kier molecular flexibility index (Phi) is 4.67. The van der Waals surface area contributed by atoms with Crippen molar-refractivity contribution in [2.45, 2.75) is 6.42 Å². The van der Waals surface area contributed by atoms with Gasteiger partial charge in [0.15, 0.2) is 0 Å². The summed E-state index contributed by atoms with van der Waals surface area (Å²) < 4.78 is 15.5. The highest BCUT2D eigenvalue weighted by Gasteiger charge is 2.12. The molecule has 0 aliphatic carbocycles. The number of halogens is 2. The zero-order chi connectivity index (χ0) is 19.0. The van der Waals surface area contributed by atoms with Gasteiger partial charge < -0.3 is 0 Å². The Labute approximate surface area is 164 Å². The number of aromatic nitrogens is 3. The molecule has 2 heterocycles. The fourth-order valence-corrected chi connectivity index (χ4v) is 3.88. The molecule has 2 aromatic heterocycles. The van der Waals surface area contributed by atoms with Gasteiger partial charge in [-0.25, -0.2) is 4.39 Å². The Bertz CT molecular complexity index is 1320. The summed E-state index contributed by atoms with van der Waals surface area (Å²) in [5, 5.41) is 4.19. The van der Waals surface area contributed by atoms with E-state index in [1.807, 2.05) is 24.3 Å². The fraction of sp³-hybridized carbons (Fsp3) is 0.0526. The van der Waals surface area contributed by atoms with Crippen LogP contribution < -0.4 is 15.7 Å².